The highest BCUT2D eigenvalue weighted by molar-refractivity contribution is 6.00. The lowest BCUT2D eigenvalue weighted by Crippen LogP contribution is -2.45. The summed E-state index contributed by atoms with van der Waals surface area (Å²) in [5.41, 5.74) is -0.283. The molecule has 25 heavy (non-hydrogen) atoms. The van der Waals surface area contributed by atoms with Crippen LogP contribution in [0.1, 0.15) is 57.9 Å². The zero-order valence-electron chi connectivity index (χ0n) is 15.5. The molecular weight excluding hydrogens is 316 g/mol. The van der Waals surface area contributed by atoms with E-state index in [1.165, 1.54) is 6.42 Å². The summed E-state index contributed by atoms with van der Waals surface area (Å²) in [5, 5.41) is 0. The zero-order chi connectivity index (χ0) is 18.1. The van der Waals surface area contributed by atoms with Gasteiger partial charge >= 0.3 is 11.9 Å². The minimum absolute atomic E-state index is 0.263. The molecule has 2 rings (SSSR count). The van der Waals surface area contributed by atoms with Gasteiger partial charge in [0.1, 0.15) is 0 Å². The van der Waals surface area contributed by atoms with Crippen LogP contribution < -0.4 is 0 Å². The van der Waals surface area contributed by atoms with E-state index in [2.05, 4.69) is 0 Å². The Kier molecular flexibility index (Phi) is 7.48. The summed E-state index contributed by atoms with van der Waals surface area (Å²) < 4.78 is 10.7. The molecule has 1 aromatic carbocycles. The minimum Gasteiger partial charge on any atom is -0.465 e. The van der Waals surface area contributed by atoms with Gasteiger partial charge in [0, 0.05) is 0 Å². The van der Waals surface area contributed by atoms with Crippen molar-refractivity contribution >= 4 is 11.9 Å². The number of carbonyl (C=O) groups excluding carboxylic acids is 2. The van der Waals surface area contributed by atoms with Crippen LogP contribution in [0.5, 0.6) is 0 Å². The van der Waals surface area contributed by atoms with Crippen molar-refractivity contribution in [3.8, 4) is 0 Å². The topological polar surface area (TPSA) is 52.6 Å². The number of rotatable bonds is 8. The van der Waals surface area contributed by atoms with Gasteiger partial charge in [-0.05, 0) is 38.2 Å². The molecule has 0 radical (unpaired) electrons. The summed E-state index contributed by atoms with van der Waals surface area (Å²) in [6.07, 6.45) is 6.54. The van der Waals surface area contributed by atoms with Gasteiger partial charge in [0.05, 0.1) is 13.2 Å². The number of carbonyl (C=O) groups is 2. The fourth-order valence-electron chi connectivity index (χ4n) is 3.83. The summed E-state index contributed by atoms with van der Waals surface area (Å²) in [4.78, 5) is 25.9. The lowest BCUT2D eigenvalue weighted by atomic mass is 9.71. The molecule has 4 nitrogen and oxygen atoms in total. The normalized spacial score (nSPS) is 15.6. The van der Waals surface area contributed by atoms with Gasteiger partial charge in [-0.1, -0.05) is 62.4 Å². The van der Waals surface area contributed by atoms with Crippen molar-refractivity contribution in [3.05, 3.63) is 35.9 Å². The second-order valence-electron chi connectivity index (χ2n) is 6.89. The number of ether oxygens (including phenoxy) is 2. The van der Waals surface area contributed by atoms with Gasteiger partial charge in [0.2, 0.25) is 0 Å². The first-order chi connectivity index (χ1) is 12.1. The van der Waals surface area contributed by atoms with Gasteiger partial charge in [-0.15, -0.1) is 0 Å². The first-order valence-electron chi connectivity index (χ1n) is 9.50. The highest BCUT2D eigenvalue weighted by Crippen LogP contribution is 2.39. The number of hydrogen-bond acceptors (Lipinski definition) is 4. The maximum Gasteiger partial charge on any atom is 0.323 e. The van der Waals surface area contributed by atoms with Gasteiger partial charge < -0.3 is 9.47 Å². The van der Waals surface area contributed by atoms with Crippen LogP contribution >= 0.6 is 0 Å². The molecule has 1 fully saturated rings. The van der Waals surface area contributed by atoms with E-state index in [0.717, 1.165) is 31.2 Å². The Morgan fingerprint density at radius 1 is 0.960 bits per heavy atom. The van der Waals surface area contributed by atoms with E-state index in [1.54, 1.807) is 13.8 Å². The zero-order valence-corrected chi connectivity index (χ0v) is 15.5. The number of esters is 2. The molecule has 1 aliphatic rings. The molecule has 0 atom stereocenters. The molecule has 1 aromatic rings. The highest BCUT2D eigenvalue weighted by atomic mass is 16.6. The van der Waals surface area contributed by atoms with Crippen LogP contribution in [0, 0.1) is 11.3 Å². The third-order valence-corrected chi connectivity index (χ3v) is 5.04. The van der Waals surface area contributed by atoms with Crippen LogP contribution in [0.2, 0.25) is 0 Å². The van der Waals surface area contributed by atoms with Gasteiger partial charge in [-0.25, -0.2) is 0 Å². The van der Waals surface area contributed by atoms with E-state index >= 15 is 0 Å². The third-order valence-electron chi connectivity index (χ3n) is 5.04. The van der Waals surface area contributed by atoms with E-state index in [9.17, 15) is 9.59 Å². The molecule has 138 valence electrons. The molecule has 0 saturated heterocycles. The molecule has 1 aliphatic carbocycles. The summed E-state index contributed by atoms with van der Waals surface area (Å²) >= 11 is 0. The Morgan fingerprint density at radius 2 is 1.52 bits per heavy atom. The molecular formula is C21H30O4. The Hall–Kier alpha value is -1.84. The molecule has 0 spiro atoms. The van der Waals surface area contributed by atoms with Gasteiger partial charge in [-0.3, -0.25) is 9.59 Å². The molecule has 0 aromatic heterocycles. The molecule has 4 heteroatoms. The second-order valence-corrected chi connectivity index (χ2v) is 6.89. The molecule has 0 aliphatic heterocycles. The Balaban J connectivity index is 2.35. The SMILES string of the molecule is CCOC(=O)C(Cc1ccccc1)(CC1CCCCC1)C(=O)OCC. The van der Waals surface area contributed by atoms with E-state index < -0.39 is 17.4 Å². The molecule has 1 saturated carbocycles. The van der Waals surface area contributed by atoms with Crippen molar-refractivity contribution in [2.24, 2.45) is 11.3 Å². The van der Waals surface area contributed by atoms with Crippen LogP contribution in [0.3, 0.4) is 0 Å². The van der Waals surface area contributed by atoms with Crippen molar-refractivity contribution < 1.29 is 19.1 Å². The monoisotopic (exact) mass is 346 g/mol. The maximum atomic E-state index is 12.9. The Morgan fingerprint density at radius 3 is 2.04 bits per heavy atom. The summed E-state index contributed by atoms with van der Waals surface area (Å²) in [6, 6.07) is 9.69. The van der Waals surface area contributed by atoms with E-state index in [0.29, 0.717) is 18.8 Å². The van der Waals surface area contributed by atoms with E-state index in [1.807, 2.05) is 30.3 Å². The average molecular weight is 346 g/mol. The molecule has 0 bridgehead atoms. The molecule has 0 unspecified atom stereocenters. The van der Waals surface area contributed by atoms with Gasteiger partial charge in [0.15, 0.2) is 5.41 Å². The quantitative estimate of drug-likeness (QED) is 0.520. The first-order valence-corrected chi connectivity index (χ1v) is 9.50. The average Bonchev–Trinajstić information content (AvgIpc) is 2.63. The minimum atomic E-state index is -1.24. The summed E-state index contributed by atoms with van der Waals surface area (Å²) in [7, 11) is 0. The fourth-order valence-corrected chi connectivity index (χ4v) is 3.83. The highest BCUT2D eigenvalue weighted by Gasteiger charge is 2.50. The van der Waals surface area contributed by atoms with Crippen LogP contribution in [0.25, 0.3) is 0 Å². The Bertz CT molecular complexity index is 528. The predicted octanol–water partition coefficient (Wildman–Crippen LogP) is 4.31. The summed E-state index contributed by atoms with van der Waals surface area (Å²) in [5.74, 6) is -0.517. The predicted molar refractivity (Wildman–Crippen MR) is 97.0 cm³/mol. The smallest absolute Gasteiger partial charge is 0.323 e. The van der Waals surface area contributed by atoms with Crippen molar-refractivity contribution in [2.75, 3.05) is 13.2 Å². The third kappa shape index (κ3) is 5.07. The van der Waals surface area contributed by atoms with Crippen molar-refractivity contribution in [1.82, 2.24) is 0 Å². The van der Waals surface area contributed by atoms with Gasteiger partial charge in [0.25, 0.3) is 0 Å². The van der Waals surface area contributed by atoms with Crippen molar-refractivity contribution in [2.45, 2.75) is 58.8 Å². The lowest BCUT2D eigenvalue weighted by molar-refractivity contribution is -0.174. The van der Waals surface area contributed by atoms with Crippen LogP contribution in [0.4, 0.5) is 0 Å². The fraction of sp³-hybridized carbons (Fsp3) is 0.619. The van der Waals surface area contributed by atoms with E-state index in [-0.39, 0.29) is 13.2 Å². The molecule has 0 N–H and O–H groups in total. The molecule has 0 heterocycles. The van der Waals surface area contributed by atoms with E-state index in [4.69, 9.17) is 9.47 Å². The largest absolute Gasteiger partial charge is 0.465 e. The Labute approximate surface area is 150 Å². The lowest BCUT2D eigenvalue weighted by Gasteiger charge is -2.34. The standard InChI is InChI=1S/C21H30O4/c1-3-24-19(22)21(20(23)25-4-2,15-17-11-7-5-8-12-17)16-18-13-9-6-10-14-18/h5,7-8,11-12,18H,3-4,6,9-10,13-16H2,1-2H3. The van der Waals surface area contributed by atoms with Crippen LogP contribution in [0.15, 0.2) is 30.3 Å². The van der Waals surface area contributed by atoms with Crippen molar-refractivity contribution in [1.29, 1.82) is 0 Å². The van der Waals surface area contributed by atoms with Crippen LogP contribution in [-0.4, -0.2) is 25.2 Å². The molecule has 0 amide bonds. The number of hydrogen-bond donors (Lipinski definition) is 0. The van der Waals surface area contributed by atoms with Crippen molar-refractivity contribution in [3.63, 3.8) is 0 Å². The first kappa shape index (κ1) is 19.5. The maximum absolute atomic E-state index is 12.9. The van der Waals surface area contributed by atoms with Crippen LogP contribution in [-0.2, 0) is 25.5 Å². The second kappa shape index (κ2) is 9.59. The summed E-state index contributed by atoms with van der Waals surface area (Å²) in [6.45, 7) is 4.08. The van der Waals surface area contributed by atoms with Gasteiger partial charge in [-0.2, -0.15) is 0 Å². The number of benzene rings is 1.